The predicted molar refractivity (Wildman–Crippen MR) is 94.2 cm³/mol. The van der Waals surface area contributed by atoms with Gasteiger partial charge in [-0.05, 0) is 42.3 Å². The number of halogens is 2. The summed E-state index contributed by atoms with van der Waals surface area (Å²) < 4.78 is 26.5. The van der Waals surface area contributed by atoms with Gasteiger partial charge in [0.2, 0.25) is 0 Å². The Balaban J connectivity index is 1.36. The molecule has 2 N–H and O–H groups in total. The topological polar surface area (TPSA) is 61.4 Å². The number of benzene rings is 1. The second-order valence-electron chi connectivity index (χ2n) is 6.68. The average Bonchev–Trinajstić information content (AvgIpc) is 3.30. The molecule has 1 saturated heterocycles. The number of nitrogens with one attached hydrogen (secondary N) is 2. The Hall–Kier alpha value is -2.48. The maximum absolute atomic E-state index is 13.3. The molecule has 2 aliphatic rings. The Morgan fingerprint density at radius 1 is 1.15 bits per heavy atom. The van der Waals surface area contributed by atoms with Gasteiger partial charge in [0.15, 0.2) is 0 Å². The summed E-state index contributed by atoms with van der Waals surface area (Å²) in [5, 5.41) is 7.46. The molecule has 8 heteroatoms. The van der Waals surface area contributed by atoms with Crippen molar-refractivity contribution in [2.45, 2.75) is 24.9 Å². The Bertz CT molecular complexity index is 823. The second kappa shape index (κ2) is 6.68. The number of likely N-dealkylation sites (tertiary alicyclic amines) is 1. The number of hydrogen-bond acceptors (Lipinski definition) is 3. The van der Waals surface area contributed by atoms with E-state index in [-0.39, 0.29) is 35.6 Å². The Kier molecular flexibility index (Phi) is 4.36. The van der Waals surface area contributed by atoms with Crippen LogP contribution < -0.4 is 10.6 Å². The van der Waals surface area contributed by atoms with Gasteiger partial charge in [0.25, 0.3) is 5.91 Å². The first kappa shape index (κ1) is 17.0. The van der Waals surface area contributed by atoms with Gasteiger partial charge in [-0.3, -0.25) is 4.79 Å². The van der Waals surface area contributed by atoms with E-state index in [0.717, 1.165) is 24.6 Å². The van der Waals surface area contributed by atoms with Gasteiger partial charge < -0.3 is 15.5 Å². The summed E-state index contributed by atoms with van der Waals surface area (Å²) in [7, 11) is 0. The molecule has 1 aromatic carbocycles. The van der Waals surface area contributed by atoms with Crippen LogP contribution >= 0.6 is 11.3 Å². The lowest BCUT2D eigenvalue weighted by atomic mass is 10.0. The fourth-order valence-corrected chi connectivity index (χ4v) is 4.47. The zero-order valence-corrected chi connectivity index (χ0v) is 14.6. The van der Waals surface area contributed by atoms with Crippen LogP contribution in [0.15, 0.2) is 35.7 Å². The molecule has 136 valence electrons. The predicted octanol–water partition coefficient (Wildman–Crippen LogP) is 3.45. The molecule has 5 nitrogen and oxygen atoms in total. The molecular weight excluding hydrogens is 360 g/mol. The Labute approximate surface area is 153 Å². The lowest BCUT2D eigenvalue weighted by Crippen LogP contribution is -2.48. The van der Waals surface area contributed by atoms with Crippen LogP contribution in [-0.2, 0) is 0 Å². The van der Waals surface area contributed by atoms with E-state index in [2.05, 4.69) is 10.6 Å². The summed E-state index contributed by atoms with van der Waals surface area (Å²) in [6.07, 6.45) is 1.51. The van der Waals surface area contributed by atoms with Crippen LogP contribution in [0.3, 0.4) is 0 Å². The van der Waals surface area contributed by atoms with E-state index in [9.17, 15) is 18.4 Å². The van der Waals surface area contributed by atoms with Crippen LogP contribution in [0.2, 0.25) is 0 Å². The van der Waals surface area contributed by atoms with Crippen LogP contribution in [0.4, 0.5) is 19.3 Å². The number of carbonyl (C=O) groups excluding carboxylic acids is 2. The first-order valence-electron chi connectivity index (χ1n) is 8.37. The number of carbonyl (C=O) groups is 2. The molecule has 0 spiro atoms. The highest BCUT2D eigenvalue weighted by Crippen LogP contribution is 2.38. The van der Waals surface area contributed by atoms with Crippen molar-refractivity contribution in [2.75, 3.05) is 11.9 Å². The molecule has 2 fully saturated rings. The molecule has 1 saturated carbocycles. The molecule has 4 rings (SSSR count). The highest BCUT2D eigenvalue weighted by molar-refractivity contribution is 7.12. The summed E-state index contributed by atoms with van der Waals surface area (Å²) in [5.74, 6) is -1.36. The maximum atomic E-state index is 13.3. The fraction of sp³-hybridized carbons (Fsp3) is 0.333. The summed E-state index contributed by atoms with van der Waals surface area (Å²) in [6, 6.07) is 6.24. The van der Waals surface area contributed by atoms with Crippen molar-refractivity contribution in [3.05, 3.63) is 52.2 Å². The summed E-state index contributed by atoms with van der Waals surface area (Å²) in [4.78, 5) is 27.0. The SMILES string of the molecule is O=C(NC1CC2CC1CN2C(=O)Nc1cc(F)cc(F)c1)c1cccs1. The molecule has 2 heterocycles. The molecule has 2 bridgehead atoms. The van der Waals surface area contributed by atoms with Crippen LogP contribution in [0, 0.1) is 17.6 Å². The quantitative estimate of drug-likeness (QED) is 0.861. The molecule has 2 aromatic rings. The number of piperidine rings is 1. The minimum atomic E-state index is -0.736. The lowest BCUT2D eigenvalue weighted by molar-refractivity contribution is 0.0919. The fourth-order valence-electron chi connectivity index (χ4n) is 3.85. The van der Waals surface area contributed by atoms with Gasteiger partial charge in [0, 0.05) is 30.4 Å². The second-order valence-corrected chi connectivity index (χ2v) is 7.63. The largest absolute Gasteiger partial charge is 0.348 e. The van der Waals surface area contributed by atoms with Crippen LogP contribution in [0.25, 0.3) is 0 Å². The number of nitrogens with zero attached hydrogens (tertiary/aromatic N) is 1. The standard InChI is InChI=1S/C18H17F2N3O2S/c19-11-5-12(20)7-13(6-11)21-18(25)23-9-10-4-14(23)8-15(10)22-17(24)16-2-1-3-26-16/h1-3,5-7,10,14-15H,4,8-9H2,(H,21,25)(H,22,24). The normalized spacial score (nSPS) is 23.9. The van der Waals surface area contributed by atoms with Gasteiger partial charge in [0.05, 0.1) is 4.88 Å². The highest BCUT2D eigenvalue weighted by atomic mass is 32.1. The summed E-state index contributed by atoms with van der Waals surface area (Å²) >= 11 is 1.40. The molecule has 26 heavy (non-hydrogen) atoms. The van der Waals surface area contributed by atoms with Gasteiger partial charge in [-0.25, -0.2) is 13.6 Å². The third-order valence-corrected chi connectivity index (χ3v) is 5.85. The lowest BCUT2D eigenvalue weighted by Gasteiger charge is -2.32. The first-order chi connectivity index (χ1) is 12.5. The monoisotopic (exact) mass is 377 g/mol. The van der Waals surface area contributed by atoms with E-state index < -0.39 is 11.6 Å². The number of anilines is 1. The van der Waals surface area contributed by atoms with E-state index in [0.29, 0.717) is 17.8 Å². The molecule has 1 aromatic heterocycles. The number of thiophene rings is 1. The minimum absolute atomic E-state index is 0.0204. The van der Waals surface area contributed by atoms with Gasteiger partial charge in [-0.2, -0.15) is 0 Å². The molecule has 1 aliphatic carbocycles. The zero-order chi connectivity index (χ0) is 18.3. The third-order valence-electron chi connectivity index (χ3n) is 4.98. The van der Waals surface area contributed by atoms with Gasteiger partial charge in [0.1, 0.15) is 11.6 Å². The molecular formula is C18H17F2N3O2S. The smallest absolute Gasteiger partial charge is 0.322 e. The van der Waals surface area contributed by atoms with Gasteiger partial charge >= 0.3 is 6.03 Å². The molecule has 0 radical (unpaired) electrons. The van der Waals surface area contributed by atoms with Gasteiger partial charge in [-0.1, -0.05) is 6.07 Å². The molecule has 3 amide bonds. The van der Waals surface area contributed by atoms with Crippen molar-refractivity contribution >= 4 is 29.0 Å². The molecule has 3 unspecified atom stereocenters. The van der Waals surface area contributed by atoms with Crippen molar-refractivity contribution in [3.63, 3.8) is 0 Å². The Morgan fingerprint density at radius 2 is 1.92 bits per heavy atom. The third kappa shape index (κ3) is 3.29. The van der Waals surface area contributed by atoms with E-state index in [1.165, 1.54) is 11.3 Å². The molecule has 3 atom stereocenters. The van der Waals surface area contributed by atoms with E-state index in [1.807, 2.05) is 11.4 Å². The summed E-state index contributed by atoms with van der Waals surface area (Å²) in [6.45, 7) is 0.518. The van der Waals surface area contributed by atoms with Crippen molar-refractivity contribution in [3.8, 4) is 0 Å². The van der Waals surface area contributed by atoms with Crippen LogP contribution in [0.5, 0.6) is 0 Å². The first-order valence-corrected chi connectivity index (χ1v) is 9.25. The van der Waals surface area contributed by atoms with Crippen LogP contribution in [-0.4, -0.2) is 35.5 Å². The van der Waals surface area contributed by atoms with Crippen molar-refractivity contribution in [1.29, 1.82) is 0 Å². The van der Waals surface area contributed by atoms with Crippen molar-refractivity contribution in [1.82, 2.24) is 10.2 Å². The summed E-state index contributed by atoms with van der Waals surface area (Å²) in [5.41, 5.74) is 0.0952. The number of hydrogen-bond donors (Lipinski definition) is 2. The van der Waals surface area contributed by atoms with Crippen LogP contribution in [0.1, 0.15) is 22.5 Å². The minimum Gasteiger partial charge on any atom is -0.348 e. The average molecular weight is 377 g/mol. The molecule has 1 aliphatic heterocycles. The maximum Gasteiger partial charge on any atom is 0.322 e. The Morgan fingerprint density at radius 3 is 2.54 bits per heavy atom. The number of rotatable bonds is 3. The highest BCUT2D eigenvalue weighted by Gasteiger charge is 2.47. The van der Waals surface area contributed by atoms with Crippen molar-refractivity contribution in [2.24, 2.45) is 5.92 Å². The number of fused-ring (bicyclic) bond motifs is 2. The van der Waals surface area contributed by atoms with E-state index >= 15 is 0 Å². The van der Waals surface area contributed by atoms with E-state index in [4.69, 9.17) is 0 Å². The van der Waals surface area contributed by atoms with Gasteiger partial charge in [-0.15, -0.1) is 11.3 Å². The zero-order valence-electron chi connectivity index (χ0n) is 13.7. The van der Waals surface area contributed by atoms with Crippen molar-refractivity contribution < 1.29 is 18.4 Å². The number of urea groups is 1. The number of amides is 3. The van der Waals surface area contributed by atoms with E-state index in [1.54, 1.807) is 11.0 Å².